The molecule has 16 heavy (non-hydrogen) atoms. The number of aromatic nitrogens is 1. The highest BCUT2D eigenvalue weighted by atomic mass is 79.9. The largest absolute Gasteiger partial charge is 0.348 e. The van der Waals surface area contributed by atoms with Crippen molar-refractivity contribution in [2.24, 2.45) is 5.92 Å². The molecule has 1 rings (SSSR count). The van der Waals surface area contributed by atoms with Gasteiger partial charge >= 0.3 is 0 Å². The van der Waals surface area contributed by atoms with E-state index in [1.807, 2.05) is 13.0 Å². The van der Waals surface area contributed by atoms with Crippen molar-refractivity contribution in [2.75, 3.05) is 5.33 Å². The number of aryl methyl sites for hydroxylation is 1. The molecule has 0 fully saturated rings. The van der Waals surface area contributed by atoms with Crippen LogP contribution >= 0.6 is 15.9 Å². The van der Waals surface area contributed by atoms with Crippen molar-refractivity contribution < 1.29 is 4.79 Å². The summed E-state index contributed by atoms with van der Waals surface area (Å²) in [6.45, 7) is 6.07. The first-order valence-electron chi connectivity index (χ1n) is 5.34. The van der Waals surface area contributed by atoms with Gasteiger partial charge in [0.05, 0.1) is 5.56 Å². The quantitative estimate of drug-likeness (QED) is 0.864. The van der Waals surface area contributed by atoms with Gasteiger partial charge in [0.2, 0.25) is 0 Å². The molecule has 0 radical (unpaired) electrons. The highest BCUT2D eigenvalue weighted by molar-refractivity contribution is 9.09. The van der Waals surface area contributed by atoms with E-state index in [1.165, 1.54) is 0 Å². The number of carbonyl (C=O) groups excluding carboxylic acids is 1. The molecular formula is C12H17BrN2O. The fourth-order valence-electron chi connectivity index (χ4n) is 1.24. The number of rotatable bonds is 4. The second-order valence-corrected chi connectivity index (χ2v) is 4.81. The number of pyridine rings is 1. The van der Waals surface area contributed by atoms with Crippen LogP contribution in [-0.4, -0.2) is 22.3 Å². The minimum Gasteiger partial charge on any atom is -0.348 e. The average molecular weight is 285 g/mol. The summed E-state index contributed by atoms with van der Waals surface area (Å²) >= 11 is 3.40. The van der Waals surface area contributed by atoms with E-state index in [0.717, 1.165) is 11.0 Å². The molecule has 1 amide bonds. The van der Waals surface area contributed by atoms with Crippen LogP contribution in [-0.2, 0) is 0 Å². The van der Waals surface area contributed by atoms with Crippen LogP contribution in [0.2, 0.25) is 0 Å². The van der Waals surface area contributed by atoms with Crippen LogP contribution in [0.4, 0.5) is 0 Å². The molecule has 0 bridgehead atoms. The number of halogens is 1. The van der Waals surface area contributed by atoms with E-state index in [9.17, 15) is 4.79 Å². The van der Waals surface area contributed by atoms with E-state index in [0.29, 0.717) is 11.5 Å². The van der Waals surface area contributed by atoms with E-state index >= 15 is 0 Å². The molecular weight excluding hydrogens is 268 g/mol. The number of hydrogen-bond donors (Lipinski definition) is 1. The topological polar surface area (TPSA) is 42.0 Å². The standard InChI is InChI=1S/C12H17BrN2O/c1-8(2)11(6-13)15-12(16)10-5-4-9(3)14-7-10/h4-5,7-8,11H,6H2,1-3H3,(H,15,16). The van der Waals surface area contributed by atoms with E-state index in [4.69, 9.17) is 0 Å². The molecule has 1 unspecified atom stereocenters. The van der Waals surface area contributed by atoms with E-state index < -0.39 is 0 Å². The Morgan fingerprint density at radius 2 is 2.19 bits per heavy atom. The summed E-state index contributed by atoms with van der Waals surface area (Å²) in [5.74, 6) is 0.340. The van der Waals surface area contributed by atoms with E-state index in [-0.39, 0.29) is 11.9 Å². The second kappa shape index (κ2) is 5.99. The van der Waals surface area contributed by atoms with Gasteiger partial charge in [-0.3, -0.25) is 9.78 Å². The monoisotopic (exact) mass is 284 g/mol. The zero-order valence-corrected chi connectivity index (χ0v) is 11.4. The number of alkyl halides is 1. The van der Waals surface area contributed by atoms with Crippen molar-refractivity contribution in [3.05, 3.63) is 29.6 Å². The van der Waals surface area contributed by atoms with Crippen molar-refractivity contribution in [3.63, 3.8) is 0 Å². The summed E-state index contributed by atoms with van der Waals surface area (Å²) in [7, 11) is 0. The maximum atomic E-state index is 11.9. The summed E-state index contributed by atoms with van der Waals surface area (Å²) in [5, 5.41) is 3.74. The zero-order chi connectivity index (χ0) is 12.1. The Hall–Kier alpha value is -0.900. The first-order chi connectivity index (χ1) is 7.54. The fourth-order valence-corrected chi connectivity index (χ4v) is 2.15. The lowest BCUT2D eigenvalue weighted by Gasteiger charge is -2.19. The van der Waals surface area contributed by atoms with Gasteiger partial charge in [-0.2, -0.15) is 0 Å². The van der Waals surface area contributed by atoms with Crippen molar-refractivity contribution >= 4 is 21.8 Å². The number of carbonyl (C=O) groups is 1. The molecule has 0 aliphatic rings. The molecule has 0 spiro atoms. The Labute approximate surface area is 105 Å². The van der Waals surface area contributed by atoms with Crippen molar-refractivity contribution in [1.82, 2.24) is 10.3 Å². The predicted molar refractivity (Wildman–Crippen MR) is 68.9 cm³/mol. The highest BCUT2D eigenvalue weighted by Gasteiger charge is 2.15. The van der Waals surface area contributed by atoms with Gasteiger partial charge in [-0.25, -0.2) is 0 Å². The maximum Gasteiger partial charge on any atom is 0.253 e. The average Bonchev–Trinajstić information content (AvgIpc) is 2.26. The first-order valence-corrected chi connectivity index (χ1v) is 6.46. The maximum absolute atomic E-state index is 11.9. The van der Waals surface area contributed by atoms with Crippen molar-refractivity contribution in [1.29, 1.82) is 0 Å². The van der Waals surface area contributed by atoms with Crippen molar-refractivity contribution in [3.8, 4) is 0 Å². The lowest BCUT2D eigenvalue weighted by molar-refractivity contribution is 0.0931. The fraction of sp³-hybridized carbons (Fsp3) is 0.500. The molecule has 1 atom stereocenters. The van der Waals surface area contributed by atoms with Gasteiger partial charge in [0.25, 0.3) is 5.91 Å². The third-order valence-corrected chi connectivity index (χ3v) is 3.16. The van der Waals surface area contributed by atoms with Gasteiger partial charge in [0.15, 0.2) is 0 Å². The van der Waals surface area contributed by atoms with Gasteiger partial charge in [-0.15, -0.1) is 0 Å². The summed E-state index contributed by atoms with van der Waals surface area (Å²) < 4.78 is 0. The minimum absolute atomic E-state index is 0.0642. The smallest absolute Gasteiger partial charge is 0.253 e. The molecule has 1 N–H and O–H groups in total. The second-order valence-electron chi connectivity index (χ2n) is 4.17. The zero-order valence-electron chi connectivity index (χ0n) is 9.83. The lowest BCUT2D eigenvalue weighted by Crippen LogP contribution is -2.39. The van der Waals surface area contributed by atoms with E-state index in [2.05, 4.69) is 40.1 Å². The molecule has 3 nitrogen and oxygen atoms in total. The molecule has 88 valence electrons. The van der Waals surface area contributed by atoms with Crippen LogP contribution in [0.25, 0.3) is 0 Å². The Kier molecular flexibility index (Phi) is 4.93. The van der Waals surface area contributed by atoms with Gasteiger partial charge < -0.3 is 5.32 Å². The Bertz CT molecular complexity index is 349. The third kappa shape index (κ3) is 3.59. The van der Waals surface area contributed by atoms with Crippen LogP contribution in [0.5, 0.6) is 0 Å². The van der Waals surface area contributed by atoms with Crippen LogP contribution in [0.15, 0.2) is 18.3 Å². The molecule has 0 aliphatic heterocycles. The Balaban J connectivity index is 2.68. The molecule has 1 aromatic rings. The van der Waals surface area contributed by atoms with Crippen LogP contribution in [0, 0.1) is 12.8 Å². The summed E-state index contributed by atoms with van der Waals surface area (Å²) in [5.41, 5.74) is 1.52. The SMILES string of the molecule is Cc1ccc(C(=O)NC(CBr)C(C)C)cn1. The van der Waals surface area contributed by atoms with Crippen molar-refractivity contribution in [2.45, 2.75) is 26.8 Å². The predicted octanol–water partition coefficient (Wildman–Crippen LogP) is 2.54. The normalized spacial score (nSPS) is 12.6. The van der Waals surface area contributed by atoms with Gasteiger partial charge in [-0.05, 0) is 25.0 Å². The lowest BCUT2D eigenvalue weighted by atomic mass is 10.1. The molecule has 0 saturated carbocycles. The molecule has 0 saturated heterocycles. The van der Waals surface area contributed by atoms with E-state index in [1.54, 1.807) is 12.3 Å². The highest BCUT2D eigenvalue weighted by Crippen LogP contribution is 2.07. The third-order valence-electron chi connectivity index (χ3n) is 2.46. The van der Waals surface area contributed by atoms with Gasteiger partial charge in [0, 0.05) is 23.3 Å². The number of nitrogens with zero attached hydrogens (tertiary/aromatic N) is 1. The Morgan fingerprint density at radius 3 is 2.62 bits per heavy atom. The molecule has 0 aromatic carbocycles. The molecule has 1 heterocycles. The molecule has 4 heteroatoms. The Morgan fingerprint density at radius 1 is 1.50 bits per heavy atom. The van der Waals surface area contributed by atoms with Gasteiger partial charge in [-0.1, -0.05) is 29.8 Å². The van der Waals surface area contributed by atoms with Gasteiger partial charge in [0.1, 0.15) is 0 Å². The molecule has 1 aromatic heterocycles. The molecule has 0 aliphatic carbocycles. The number of nitrogens with one attached hydrogen (secondary N) is 1. The summed E-state index contributed by atoms with van der Waals surface area (Å²) in [6.07, 6.45) is 1.61. The minimum atomic E-state index is -0.0642. The summed E-state index contributed by atoms with van der Waals surface area (Å²) in [6, 6.07) is 3.78. The number of amides is 1. The van der Waals surface area contributed by atoms with Crippen LogP contribution < -0.4 is 5.32 Å². The van der Waals surface area contributed by atoms with Crippen LogP contribution in [0.1, 0.15) is 29.9 Å². The summed E-state index contributed by atoms with van der Waals surface area (Å²) in [4.78, 5) is 16.0. The number of hydrogen-bond acceptors (Lipinski definition) is 2. The van der Waals surface area contributed by atoms with Crippen LogP contribution in [0.3, 0.4) is 0 Å². The first kappa shape index (κ1) is 13.2.